The largest absolute Gasteiger partial charge is 0.380 e. The number of aromatic nitrogens is 1. The van der Waals surface area contributed by atoms with E-state index in [9.17, 15) is 4.79 Å². The summed E-state index contributed by atoms with van der Waals surface area (Å²) in [6.07, 6.45) is 3.66. The van der Waals surface area contributed by atoms with Crippen LogP contribution in [0.2, 0.25) is 0 Å². The molecule has 1 heterocycles. The third-order valence-electron chi connectivity index (χ3n) is 3.65. The number of rotatable bonds is 4. The van der Waals surface area contributed by atoms with E-state index < -0.39 is 0 Å². The maximum Gasteiger partial charge on any atom is 0.165 e. The molecule has 2 rings (SSSR count). The topological polar surface area (TPSA) is 31.2 Å². The first-order valence-electron chi connectivity index (χ1n) is 6.75. The minimum absolute atomic E-state index is 0.0749. The molecule has 0 fully saturated rings. The molecule has 0 aromatic carbocycles. The number of Topliss-reactive ketones (excluding diaryl/α,β-unsaturated/α-hetero) is 1. The first kappa shape index (κ1) is 13.3. The molecule has 3 heteroatoms. The summed E-state index contributed by atoms with van der Waals surface area (Å²) in [5.41, 5.74) is 2.17. The predicted octanol–water partition coefficient (Wildman–Crippen LogP) is 3.24. The molecule has 1 aliphatic rings. The van der Waals surface area contributed by atoms with Crippen molar-refractivity contribution in [1.82, 2.24) is 4.57 Å². The summed E-state index contributed by atoms with van der Waals surface area (Å²) in [4.78, 5) is 12.1. The van der Waals surface area contributed by atoms with Gasteiger partial charge in [-0.05, 0) is 31.7 Å². The van der Waals surface area contributed by atoms with Crippen LogP contribution < -0.4 is 0 Å². The Kier molecular flexibility index (Phi) is 3.62. The summed E-state index contributed by atoms with van der Waals surface area (Å²) in [5, 5.41) is 0. The summed E-state index contributed by atoms with van der Waals surface area (Å²) < 4.78 is 7.70. The van der Waals surface area contributed by atoms with Crippen molar-refractivity contribution in [3.8, 4) is 0 Å². The van der Waals surface area contributed by atoms with Gasteiger partial charge < -0.3 is 9.30 Å². The number of ketones is 1. The van der Waals surface area contributed by atoms with Gasteiger partial charge >= 0.3 is 0 Å². The molecule has 1 aliphatic carbocycles. The number of carbonyl (C=O) groups excluding carboxylic acids is 1. The average Bonchev–Trinajstić information content (AvgIpc) is 2.68. The molecule has 1 aromatic heterocycles. The molecule has 100 valence electrons. The van der Waals surface area contributed by atoms with Gasteiger partial charge in [-0.15, -0.1) is 0 Å². The molecule has 1 atom stereocenters. The summed E-state index contributed by atoms with van der Waals surface area (Å²) in [7, 11) is 0. The number of ether oxygens (including phenoxy) is 1. The number of hydrogen-bond acceptors (Lipinski definition) is 2. The van der Waals surface area contributed by atoms with Gasteiger partial charge in [0.15, 0.2) is 5.78 Å². The van der Waals surface area contributed by atoms with Crippen molar-refractivity contribution in [2.45, 2.75) is 46.6 Å². The number of hydrogen-bond donors (Lipinski definition) is 0. The summed E-state index contributed by atoms with van der Waals surface area (Å²) in [5.74, 6) is 0.281. The molecule has 0 bridgehead atoms. The van der Waals surface area contributed by atoms with Crippen molar-refractivity contribution in [2.24, 2.45) is 5.41 Å². The Morgan fingerprint density at radius 2 is 2.17 bits per heavy atom. The van der Waals surface area contributed by atoms with Crippen molar-refractivity contribution < 1.29 is 9.53 Å². The van der Waals surface area contributed by atoms with E-state index >= 15 is 0 Å². The van der Waals surface area contributed by atoms with Gasteiger partial charge in [-0.25, -0.2) is 0 Å². The summed E-state index contributed by atoms with van der Waals surface area (Å²) in [6.45, 7) is 9.91. The lowest BCUT2D eigenvalue weighted by atomic mass is 9.76. The van der Waals surface area contributed by atoms with Crippen molar-refractivity contribution in [3.05, 3.63) is 23.5 Å². The van der Waals surface area contributed by atoms with Crippen LogP contribution in [0.3, 0.4) is 0 Å². The van der Waals surface area contributed by atoms with Crippen LogP contribution in [0.15, 0.2) is 12.3 Å². The van der Waals surface area contributed by atoms with E-state index in [0.717, 1.165) is 18.6 Å². The minimum atomic E-state index is 0.0749. The van der Waals surface area contributed by atoms with Crippen LogP contribution >= 0.6 is 0 Å². The molecule has 0 N–H and O–H groups in total. The lowest BCUT2D eigenvalue weighted by Gasteiger charge is -2.31. The molecule has 18 heavy (non-hydrogen) atoms. The Bertz CT molecular complexity index is 445. The van der Waals surface area contributed by atoms with E-state index in [2.05, 4.69) is 25.3 Å². The van der Waals surface area contributed by atoms with E-state index in [4.69, 9.17) is 4.74 Å². The number of fused-ring (bicyclic) bond motifs is 1. The lowest BCUT2D eigenvalue weighted by Crippen LogP contribution is -2.29. The fourth-order valence-electron chi connectivity index (χ4n) is 2.75. The van der Waals surface area contributed by atoms with Crippen LogP contribution in [0.25, 0.3) is 0 Å². The fourth-order valence-corrected chi connectivity index (χ4v) is 2.75. The van der Waals surface area contributed by atoms with Crippen molar-refractivity contribution in [3.63, 3.8) is 0 Å². The highest BCUT2D eigenvalue weighted by Crippen LogP contribution is 2.36. The molecule has 0 aliphatic heterocycles. The van der Waals surface area contributed by atoms with E-state index in [1.54, 1.807) is 0 Å². The van der Waals surface area contributed by atoms with Crippen LogP contribution in [0.4, 0.5) is 0 Å². The van der Waals surface area contributed by atoms with E-state index in [0.29, 0.717) is 13.0 Å². The molecule has 0 saturated carbocycles. The second kappa shape index (κ2) is 4.88. The second-order valence-electron chi connectivity index (χ2n) is 6.03. The van der Waals surface area contributed by atoms with Gasteiger partial charge in [0.25, 0.3) is 0 Å². The lowest BCUT2D eigenvalue weighted by molar-refractivity contribution is 0.0903. The monoisotopic (exact) mass is 249 g/mol. The molecule has 0 radical (unpaired) electrons. The highest BCUT2D eigenvalue weighted by molar-refractivity contribution is 5.98. The minimum Gasteiger partial charge on any atom is -0.380 e. The van der Waals surface area contributed by atoms with Gasteiger partial charge in [0, 0.05) is 30.5 Å². The highest BCUT2D eigenvalue weighted by atomic mass is 16.5. The molecule has 0 saturated heterocycles. The van der Waals surface area contributed by atoms with Crippen LogP contribution in [-0.2, 0) is 11.2 Å². The zero-order valence-corrected chi connectivity index (χ0v) is 11.8. The van der Waals surface area contributed by atoms with Crippen LogP contribution in [0.5, 0.6) is 0 Å². The Morgan fingerprint density at radius 3 is 2.83 bits per heavy atom. The van der Waals surface area contributed by atoms with Crippen LogP contribution in [0, 0.1) is 5.41 Å². The Hall–Kier alpha value is -1.09. The fraction of sp³-hybridized carbons (Fsp3) is 0.667. The zero-order valence-electron chi connectivity index (χ0n) is 11.8. The normalized spacial score (nSPS) is 19.7. The third kappa shape index (κ3) is 2.51. The predicted molar refractivity (Wildman–Crippen MR) is 72.1 cm³/mol. The van der Waals surface area contributed by atoms with Gasteiger partial charge in [0.1, 0.15) is 0 Å². The molecule has 1 unspecified atom stereocenters. The quantitative estimate of drug-likeness (QED) is 0.820. The molecular weight excluding hydrogens is 226 g/mol. The first-order valence-corrected chi connectivity index (χ1v) is 6.75. The zero-order chi connectivity index (χ0) is 13.3. The van der Waals surface area contributed by atoms with Gasteiger partial charge in [-0.3, -0.25) is 4.79 Å². The summed E-state index contributed by atoms with van der Waals surface area (Å²) >= 11 is 0. The molecule has 0 amide bonds. The van der Waals surface area contributed by atoms with Crippen LogP contribution in [-0.4, -0.2) is 23.6 Å². The maximum atomic E-state index is 12.1. The summed E-state index contributed by atoms with van der Waals surface area (Å²) in [6, 6.07) is 2.26. The van der Waals surface area contributed by atoms with E-state index in [1.807, 2.05) is 19.2 Å². The second-order valence-corrected chi connectivity index (χ2v) is 6.03. The average molecular weight is 249 g/mol. The number of nitrogens with zero attached hydrogens (tertiary/aromatic N) is 1. The van der Waals surface area contributed by atoms with Gasteiger partial charge in [0.2, 0.25) is 0 Å². The van der Waals surface area contributed by atoms with E-state index in [-0.39, 0.29) is 17.2 Å². The Morgan fingerprint density at radius 1 is 1.44 bits per heavy atom. The third-order valence-corrected chi connectivity index (χ3v) is 3.65. The maximum absolute atomic E-state index is 12.1. The van der Waals surface area contributed by atoms with Gasteiger partial charge in [-0.1, -0.05) is 13.8 Å². The standard InChI is InChI=1S/C15H23NO2/c1-5-18-10-11(2)16-7-6-12-13(16)8-15(3,4)9-14(12)17/h6-7,11H,5,8-10H2,1-4H3. The molecule has 0 spiro atoms. The highest BCUT2D eigenvalue weighted by Gasteiger charge is 2.33. The van der Waals surface area contributed by atoms with E-state index in [1.165, 1.54) is 5.69 Å². The van der Waals surface area contributed by atoms with Crippen molar-refractivity contribution in [1.29, 1.82) is 0 Å². The SMILES string of the molecule is CCOCC(C)n1ccc2c1CC(C)(C)CC2=O. The number of carbonyl (C=O) groups is 1. The molecular formula is C15H23NO2. The first-order chi connectivity index (χ1) is 8.44. The van der Waals surface area contributed by atoms with Crippen LogP contribution in [0.1, 0.15) is 56.2 Å². The molecule has 1 aromatic rings. The molecule has 3 nitrogen and oxygen atoms in total. The van der Waals surface area contributed by atoms with Gasteiger partial charge in [-0.2, -0.15) is 0 Å². The van der Waals surface area contributed by atoms with Crippen molar-refractivity contribution in [2.75, 3.05) is 13.2 Å². The Labute approximate surface area is 109 Å². The Balaban J connectivity index is 2.28. The smallest absolute Gasteiger partial charge is 0.165 e. The van der Waals surface area contributed by atoms with Crippen molar-refractivity contribution >= 4 is 5.78 Å². The van der Waals surface area contributed by atoms with Gasteiger partial charge in [0.05, 0.1) is 12.6 Å².